The number of hydrogen-bond donors (Lipinski definition) is 1. The zero-order valence-corrected chi connectivity index (χ0v) is 21.7. The number of halogens is 2. The SMILES string of the molecule is CCOc1cc(/C=N/NC(=O)Cc2ccc(C)cc2C)cc(I)c1OCc1ccc(Cl)cc1. The number of aryl methyl sites for hydroxylation is 2. The molecule has 33 heavy (non-hydrogen) atoms. The zero-order chi connectivity index (χ0) is 23.8. The molecule has 0 spiro atoms. The first kappa shape index (κ1) is 25.1. The van der Waals surface area contributed by atoms with Gasteiger partial charge in [-0.2, -0.15) is 5.10 Å². The average Bonchev–Trinajstić information content (AvgIpc) is 2.76. The molecule has 5 nitrogen and oxygen atoms in total. The Kier molecular flexibility index (Phi) is 9.14. The molecule has 0 radical (unpaired) electrons. The molecule has 0 atom stereocenters. The molecule has 3 aromatic carbocycles. The van der Waals surface area contributed by atoms with E-state index >= 15 is 0 Å². The molecule has 0 bridgehead atoms. The molecular weight excluding hydrogens is 551 g/mol. The van der Waals surface area contributed by atoms with E-state index < -0.39 is 0 Å². The van der Waals surface area contributed by atoms with E-state index in [9.17, 15) is 4.79 Å². The van der Waals surface area contributed by atoms with Crippen molar-refractivity contribution in [2.24, 2.45) is 5.10 Å². The zero-order valence-electron chi connectivity index (χ0n) is 18.8. The Morgan fingerprint density at radius 2 is 1.85 bits per heavy atom. The molecule has 0 aromatic heterocycles. The normalized spacial score (nSPS) is 10.9. The Morgan fingerprint density at radius 3 is 2.55 bits per heavy atom. The Balaban J connectivity index is 1.66. The number of ether oxygens (including phenoxy) is 2. The standard InChI is InChI=1S/C26H26ClIN2O3/c1-4-32-24-13-20(12-23(28)26(24)33-16-19-6-9-22(27)10-7-19)15-29-30-25(31)14-21-8-5-17(2)11-18(21)3/h5-13,15H,4,14,16H2,1-3H3,(H,30,31)/b29-15+. The number of amides is 1. The summed E-state index contributed by atoms with van der Waals surface area (Å²) in [5.74, 6) is 1.13. The molecule has 0 saturated heterocycles. The molecule has 0 aliphatic carbocycles. The third kappa shape index (κ3) is 7.47. The van der Waals surface area contributed by atoms with Crippen LogP contribution in [0.5, 0.6) is 11.5 Å². The van der Waals surface area contributed by atoms with E-state index in [2.05, 4.69) is 39.2 Å². The van der Waals surface area contributed by atoms with Gasteiger partial charge in [-0.05, 0) is 89.9 Å². The van der Waals surface area contributed by atoms with Gasteiger partial charge in [-0.25, -0.2) is 5.43 Å². The van der Waals surface area contributed by atoms with Crippen LogP contribution in [0.2, 0.25) is 5.02 Å². The monoisotopic (exact) mass is 576 g/mol. The van der Waals surface area contributed by atoms with E-state index in [1.54, 1.807) is 6.21 Å². The van der Waals surface area contributed by atoms with Gasteiger partial charge in [0.1, 0.15) is 6.61 Å². The second-order valence-electron chi connectivity index (χ2n) is 7.58. The first-order valence-corrected chi connectivity index (χ1v) is 12.0. The molecule has 1 amide bonds. The molecule has 0 aliphatic rings. The van der Waals surface area contributed by atoms with Crippen molar-refractivity contribution in [2.75, 3.05) is 6.61 Å². The minimum atomic E-state index is -0.166. The number of benzene rings is 3. The second-order valence-corrected chi connectivity index (χ2v) is 9.18. The van der Waals surface area contributed by atoms with Crippen molar-refractivity contribution in [3.8, 4) is 11.5 Å². The first-order valence-electron chi connectivity index (χ1n) is 10.6. The summed E-state index contributed by atoms with van der Waals surface area (Å²) in [7, 11) is 0. The number of hydrazone groups is 1. The van der Waals surface area contributed by atoms with Crippen LogP contribution in [-0.2, 0) is 17.8 Å². The van der Waals surface area contributed by atoms with Crippen molar-refractivity contribution < 1.29 is 14.3 Å². The highest BCUT2D eigenvalue weighted by Crippen LogP contribution is 2.34. The molecule has 0 heterocycles. The molecule has 0 saturated carbocycles. The Bertz CT molecular complexity index is 1150. The smallest absolute Gasteiger partial charge is 0.244 e. The van der Waals surface area contributed by atoms with Crippen molar-refractivity contribution in [3.05, 3.63) is 91.0 Å². The summed E-state index contributed by atoms with van der Waals surface area (Å²) < 4.78 is 12.7. The Morgan fingerprint density at radius 1 is 1.09 bits per heavy atom. The van der Waals surface area contributed by atoms with Gasteiger partial charge in [-0.15, -0.1) is 0 Å². The van der Waals surface area contributed by atoms with Gasteiger partial charge in [-0.1, -0.05) is 47.5 Å². The van der Waals surface area contributed by atoms with E-state index in [1.807, 2.05) is 69.3 Å². The Labute approximate surface area is 213 Å². The van der Waals surface area contributed by atoms with Crippen molar-refractivity contribution in [2.45, 2.75) is 33.8 Å². The fourth-order valence-corrected chi connectivity index (χ4v) is 4.14. The lowest BCUT2D eigenvalue weighted by Crippen LogP contribution is -2.20. The number of carbonyl (C=O) groups excluding carboxylic acids is 1. The molecule has 3 rings (SSSR count). The molecule has 0 fully saturated rings. The topological polar surface area (TPSA) is 59.9 Å². The van der Waals surface area contributed by atoms with Crippen LogP contribution in [0.15, 0.2) is 59.7 Å². The van der Waals surface area contributed by atoms with Crippen molar-refractivity contribution in [3.63, 3.8) is 0 Å². The predicted octanol–water partition coefficient (Wildman–Crippen LogP) is 6.23. The summed E-state index contributed by atoms with van der Waals surface area (Å²) in [4.78, 5) is 12.3. The lowest BCUT2D eigenvalue weighted by atomic mass is 10.0. The highest BCUT2D eigenvalue weighted by Gasteiger charge is 2.12. The van der Waals surface area contributed by atoms with Crippen molar-refractivity contribution in [1.29, 1.82) is 0 Å². The van der Waals surface area contributed by atoms with Crippen LogP contribution in [-0.4, -0.2) is 18.7 Å². The number of nitrogens with zero attached hydrogens (tertiary/aromatic N) is 1. The summed E-state index contributed by atoms with van der Waals surface area (Å²) in [6, 6.07) is 17.4. The van der Waals surface area contributed by atoms with Gasteiger partial charge in [-0.3, -0.25) is 4.79 Å². The van der Waals surface area contributed by atoms with Crippen LogP contribution in [0, 0.1) is 17.4 Å². The summed E-state index contributed by atoms with van der Waals surface area (Å²) in [5.41, 5.74) is 7.67. The number of nitrogens with one attached hydrogen (secondary N) is 1. The fraction of sp³-hybridized carbons (Fsp3) is 0.231. The van der Waals surface area contributed by atoms with Crippen molar-refractivity contribution >= 4 is 46.3 Å². The van der Waals surface area contributed by atoms with Gasteiger partial charge in [0, 0.05) is 5.02 Å². The summed E-state index contributed by atoms with van der Waals surface area (Å²) in [6.07, 6.45) is 1.89. The number of hydrogen-bond acceptors (Lipinski definition) is 4. The van der Waals surface area contributed by atoms with Gasteiger partial charge in [0.05, 0.1) is 22.8 Å². The summed E-state index contributed by atoms with van der Waals surface area (Å²) >= 11 is 8.16. The third-order valence-corrected chi connectivity index (χ3v) is 5.93. The lowest BCUT2D eigenvalue weighted by Gasteiger charge is -2.15. The van der Waals surface area contributed by atoms with Gasteiger partial charge in [0.2, 0.25) is 5.91 Å². The van der Waals surface area contributed by atoms with Crippen molar-refractivity contribution in [1.82, 2.24) is 5.43 Å². The number of carbonyl (C=O) groups is 1. The van der Waals surface area contributed by atoms with Gasteiger partial charge in [0.15, 0.2) is 11.5 Å². The summed E-state index contributed by atoms with van der Waals surface area (Å²) in [5, 5.41) is 4.81. The van der Waals surface area contributed by atoms with Gasteiger partial charge < -0.3 is 9.47 Å². The van der Waals surface area contributed by atoms with Gasteiger partial charge in [0.25, 0.3) is 0 Å². The average molecular weight is 577 g/mol. The second kappa shape index (κ2) is 12.0. The molecule has 0 unspecified atom stereocenters. The maximum Gasteiger partial charge on any atom is 0.244 e. The van der Waals surface area contributed by atoms with Crippen LogP contribution in [0.4, 0.5) is 0 Å². The summed E-state index contributed by atoms with van der Waals surface area (Å²) in [6.45, 7) is 6.86. The predicted molar refractivity (Wildman–Crippen MR) is 141 cm³/mol. The highest BCUT2D eigenvalue weighted by molar-refractivity contribution is 14.1. The van der Waals surface area contributed by atoms with E-state index in [0.717, 1.165) is 25.8 Å². The molecule has 7 heteroatoms. The quantitative estimate of drug-likeness (QED) is 0.187. The molecule has 0 aliphatic heterocycles. The van der Waals surface area contributed by atoms with Crippen LogP contribution in [0.25, 0.3) is 0 Å². The highest BCUT2D eigenvalue weighted by atomic mass is 127. The van der Waals surface area contributed by atoms with E-state index in [1.165, 1.54) is 5.56 Å². The largest absolute Gasteiger partial charge is 0.490 e. The third-order valence-electron chi connectivity index (χ3n) is 4.88. The molecule has 3 aromatic rings. The minimum absolute atomic E-state index is 0.166. The van der Waals surface area contributed by atoms with Crippen LogP contribution in [0.3, 0.4) is 0 Å². The molecule has 172 valence electrons. The van der Waals surface area contributed by atoms with Gasteiger partial charge >= 0.3 is 0 Å². The Hall–Kier alpha value is -2.58. The molecule has 1 N–H and O–H groups in total. The fourth-order valence-electron chi connectivity index (χ4n) is 3.24. The maximum absolute atomic E-state index is 12.3. The maximum atomic E-state index is 12.3. The van der Waals surface area contributed by atoms with E-state index in [4.69, 9.17) is 21.1 Å². The van der Waals surface area contributed by atoms with Crippen LogP contribution in [0.1, 0.15) is 34.7 Å². The number of rotatable bonds is 9. The molecular formula is C26H26ClIN2O3. The van der Waals surface area contributed by atoms with Crippen LogP contribution >= 0.6 is 34.2 Å². The van der Waals surface area contributed by atoms with Crippen LogP contribution < -0.4 is 14.9 Å². The van der Waals surface area contributed by atoms with E-state index in [0.29, 0.717) is 29.7 Å². The lowest BCUT2D eigenvalue weighted by molar-refractivity contribution is -0.120. The van der Waals surface area contributed by atoms with E-state index in [-0.39, 0.29) is 12.3 Å². The first-order chi connectivity index (χ1) is 15.9. The minimum Gasteiger partial charge on any atom is -0.490 e.